The maximum absolute atomic E-state index is 12.9. The van der Waals surface area contributed by atoms with Crippen LogP contribution >= 0.6 is 0 Å². The molecule has 8 nitrogen and oxygen atoms in total. The average Bonchev–Trinajstić information content (AvgIpc) is 3.23. The van der Waals surface area contributed by atoms with Crippen LogP contribution in [-0.4, -0.2) is 53.7 Å². The van der Waals surface area contributed by atoms with E-state index in [0.717, 1.165) is 36.3 Å². The van der Waals surface area contributed by atoms with Gasteiger partial charge in [0.2, 0.25) is 10.0 Å². The highest BCUT2D eigenvalue weighted by atomic mass is 32.2. The molecule has 0 bridgehead atoms. The summed E-state index contributed by atoms with van der Waals surface area (Å²) in [6, 6.07) is 6.07. The number of benzene rings is 1. The van der Waals surface area contributed by atoms with Gasteiger partial charge in [0.05, 0.1) is 22.8 Å². The van der Waals surface area contributed by atoms with E-state index >= 15 is 0 Å². The van der Waals surface area contributed by atoms with E-state index in [1.807, 2.05) is 20.9 Å². The van der Waals surface area contributed by atoms with Crippen LogP contribution in [0.4, 0.5) is 5.82 Å². The summed E-state index contributed by atoms with van der Waals surface area (Å²) in [5.41, 5.74) is 2.54. The largest absolute Gasteiger partial charge is 0.373 e. The molecule has 0 radical (unpaired) electrons. The van der Waals surface area contributed by atoms with Gasteiger partial charge in [0.15, 0.2) is 0 Å². The van der Waals surface area contributed by atoms with Crippen molar-refractivity contribution in [3.8, 4) is 0 Å². The first-order chi connectivity index (χ1) is 13.8. The highest BCUT2D eigenvalue weighted by Gasteiger charge is 2.32. The van der Waals surface area contributed by atoms with Crippen molar-refractivity contribution < 1.29 is 17.9 Å². The van der Waals surface area contributed by atoms with Gasteiger partial charge in [-0.1, -0.05) is 0 Å². The van der Waals surface area contributed by atoms with Gasteiger partial charge >= 0.3 is 0 Å². The summed E-state index contributed by atoms with van der Waals surface area (Å²) in [6.07, 6.45) is 2.59. The van der Waals surface area contributed by atoms with Crippen LogP contribution in [0.1, 0.15) is 41.9 Å². The van der Waals surface area contributed by atoms with Crippen molar-refractivity contribution in [3.63, 3.8) is 0 Å². The standard InChI is InChI=1S/C20H26N4O4S/c1-13-11-24(12-14(2)28-13)29(26,27)16-9-7-15(8-10-16)20(25)21-19-17-5-4-6-18(17)22-23(19)3/h7-10,13-14H,4-6,11-12H2,1-3H3,(H,21,25). The highest BCUT2D eigenvalue weighted by Crippen LogP contribution is 2.28. The van der Waals surface area contributed by atoms with Crippen molar-refractivity contribution in [2.45, 2.75) is 50.2 Å². The maximum atomic E-state index is 12.9. The quantitative estimate of drug-likeness (QED) is 0.819. The molecular formula is C20H26N4O4S. The summed E-state index contributed by atoms with van der Waals surface area (Å²) in [5, 5.41) is 7.38. The van der Waals surface area contributed by atoms with Crippen LogP contribution in [0.25, 0.3) is 0 Å². The number of carbonyl (C=O) groups excluding carboxylic acids is 1. The van der Waals surface area contributed by atoms with Crippen molar-refractivity contribution in [1.29, 1.82) is 0 Å². The summed E-state index contributed by atoms with van der Waals surface area (Å²) in [5.74, 6) is 0.441. The Hall–Kier alpha value is -2.23. The van der Waals surface area contributed by atoms with Gasteiger partial charge in [-0.3, -0.25) is 9.48 Å². The zero-order valence-electron chi connectivity index (χ0n) is 16.9. The molecule has 9 heteroatoms. The Morgan fingerprint density at radius 3 is 2.45 bits per heavy atom. The van der Waals surface area contributed by atoms with Crippen LogP contribution in [0.2, 0.25) is 0 Å². The molecule has 29 heavy (non-hydrogen) atoms. The monoisotopic (exact) mass is 418 g/mol. The Morgan fingerprint density at radius 1 is 1.14 bits per heavy atom. The number of nitrogens with zero attached hydrogens (tertiary/aromatic N) is 3. The number of aryl methyl sites for hydroxylation is 2. The Balaban J connectivity index is 1.51. The predicted molar refractivity (Wildman–Crippen MR) is 108 cm³/mol. The number of aromatic nitrogens is 2. The minimum Gasteiger partial charge on any atom is -0.373 e. The molecule has 0 saturated carbocycles. The number of amides is 1. The molecule has 1 saturated heterocycles. The number of carbonyl (C=O) groups is 1. The number of hydrogen-bond donors (Lipinski definition) is 1. The van der Waals surface area contributed by atoms with Crippen LogP contribution in [0.3, 0.4) is 0 Å². The van der Waals surface area contributed by atoms with E-state index in [1.54, 1.807) is 16.8 Å². The van der Waals surface area contributed by atoms with E-state index in [1.165, 1.54) is 16.4 Å². The van der Waals surface area contributed by atoms with Crippen molar-refractivity contribution in [2.75, 3.05) is 18.4 Å². The number of rotatable bonds is 4. The molecule has 0 spiro atoms. The minimum atomic E-state index is -3.63. The summed E-state index contributed by atoms with van der Waals surface area (Å²) < 4.78 is 34.7. The van der Waals surface area contributed by atoms with E-state index < -0.39 is 10.0 Å². The molecule has 1 aliphatic carbocycles. The zero-order valence-corrected chi connectivity index (χ0v) is 17.7. The van der Waals surface area contributed by atoms with Gasteiger partial charge in [-0.2, -0.15) is 9.40 Å². The smallest absolute Gasteiger partial charge is 0.256 e. The van der Waals surface area contributed by atoms with E-state index in [4.69, 9.17) is 4.74 Å². The molecule has 1 fully saturated rings. The zero-order chi connectivity index (χ0) is 20.8. The molecule has 4 rings (SSSR count). The fraction of sp³-hybridized carbons (Fsp3) is 0.500. The number of sulfonamides is 1. The van der Waals surface area contributed by atoms with Gasteiger partial charge in [-0.15, -0.1) is 0 Å². The van der Waals surface area contributed by atoms with Crippen molar-refractivity contribution in [3.05, 3.63) is 41.1 Å². The second kappa shape index (κ2) is 7.55. The first-order valence-electron chi connectivity index (χ1n) is 9.87. The number of morpholine rings is 1. The van der Waals surface area contributed by atoms with E-state index in [0.29, 0.717) is 18.7 Å². The molecule has 1 amide bonds. The summed E-state index contributed by atoms with van der Waals surface area (Å²) in [6.45, 7) is 4.36. The van der Waals surface area contributed by atoms with Crippen LogP contribution in [0, 0.1) is 0 Å². The van der Waals surface area contributed by atoms with Gasteiger partial charge in [-0.25, -0.2) is 8.42 Å². The SMILES string of the molecule is CC1CN(S(=O)(=O)c2ccc(C(=O)Nc3c4c(nn3C)CCC4)cc2)CC(C)O1. The molecule has 2 aliphatic rings. The van der Waals surface area contributed by atoms with Crippen LogP contribution in [0.5, 0.6) is 0 Å². The fourth-order valence-corrected chi connectivity index (χ4v) is 5.70. The summed E-state index contributed by atoms with van der Waals surface area (Å²) in [7, 11) is -1.81. The maximum Gasteiger partial charge on any atom is 0.256 e. The second-order valence-electron chi connectivity index (χ2n) is 7.81. The molecule has 1 aliphatic heterocycles. The Morgan fingerprint density at radius 2 is 1.79 bits per heavy atom. The normalized spacial score (nSPS) is 22.4. The molecule has 156 valence electrons. The molecule has 1 aromatic heterocycles. The van der Waals surface area contributed by atoms with Crippen molar-refractivity contribution >= 4 is 21.7 Å². The Labute approximate surface area is 170 Å². The number of hydrogen-bond acceptors (Lipinski definition) is 5. The first kappa shape index (κ1) is 20.1. The summed E-state index contributed by atoms with van der Waals surface area (Å²) >= 11 is 0. The minimum absolute atomic E-state index is 0.154. The number of anilines is 1. The molecule has 1 aromatic carbocycles. The lowest BCUT2D eigenvalue weighted by Crippen LogP contribution is -2.48. The highest BCUT2D eigenvalue weighted by molar-refractivity contribution is 7.89. The molecule has 2 aromatic rings. The first-order valence-corrected chi connectivity index (χ1v) is 11.3. The van der Waals surface area contributed by atoms with Crippen molar-refractivity contribution in [2.24, 2.45) is 7.05 Å². The third kappa shape index (κ3) is 3.82. The third-order valence-electron chi connectivity index (χ3n) is 5.44. The van der Waals surface area contributed by atoms with Crippen LogP contribution < -0.4 is 5.32 Å². The van der Waals surface area contributed by atoms with Gasteiger partial charge in [0.1, 0.15) is 5.82 Å². The molecule has 2 atom stereocenters. The fourth-order valence-electron chi connectivity index (χ4n) is 4.11. The number of fused-ring (bicyclic) bond motifs is 1. The van der Waals surface area contributed by atoms with E-state index in [2.05, 4.69) is 10.4 Å². The lowest BCUT2D eigenvalue weighted by atomic mass is 10.2. The average molecular weight is 419 g/mol. The predicted octanol–water partition coefficient (Wildman–Crippen LogP) is 1.96. The van der Waals surface area contributed by atoms with E-state index in [9.17, 15) is 13.2 Å². The van der Waals surface area contributed by atoms with Gasteiger partial charge in [0, 0.05) is 31.3 Å². The third-order valence-corrected chi connectivity index (χ3v) is 7.29. The van der Waals surface area contributed by atoms with Crippen LogP contribution in [-0.2, 0) is 34.6 Å². The molecular weight excluding hydrogens is 392 g/mol. The van der Waals surface area contributed by atoms with Gasteiger partial charge in [-0.05, 0) is 57.4 Å². The van der Waals surface area contributed by atoms with Gasteiger partial charge in [0.25, 0.3) is 5.91 Å². The summed E-state index contributed by atoms with van der Waals surface area (Å²) in [4.78, 5) is 12.9. The molecule has 2 unspecified atom stereocenters. The Kier molecular flexibility index (Phi) is 5.22. The van der Waals surface area contributed by atoms with Crippen LogP contribution in [0.15, 0.2) is 29.2 Å². The second-order valence-corrected chi connectivity index (χ2v) is 9.75. The topological polar surface area (TPSA) is 93.5 Å². The van der Waals surface area contributed by atoms with Gasteiger partial charge < -0.3 is 10.1 Å². The number of ether oxygens (including phenoxy) is 1. The number of nitrogens with one attached hydrogen (secondary N) is 1. The van der Waals surface area contributed by atoms with E-state index in [-0.39, 0.29) is 23.0 Å². The molecule has 1 N–H and O–H groups in total. The molecule has 2 heterocycles. The Bertz CT molecular complexity index is 1020. The van der Waals surface area contributed by atoms with Crippen molar-refractivity contribution in [1.82, 2.24) is 14.1 Å². The lowest BCUT2D eigenvalue weighted by molar-refractivity contribution is -0.0440. The lowest BCUT2D eigenvalue weighted by Gasteiger charge is -2.34.